The van der Waals surface area contributed by atoms with Crippen LogP contribution in [0.5, 0.6) is 0 Å². The van der Waals surface area contributed by atoms with Crippen molar-refractivity contribution in [2.45, 2.75) is 13.1 Å². The van der Waals surface area contributed by atoms with Crippen LogP contribution in [0.3, 0.4) is 0 Å². The van der Waals surface area contributed by atoms with Crippen molar-refractivity contribution in [1.82, 2.24) is 4.31 Å². The first-order valence-electron chi connectivity index (χ1n) is 2.86. The molecule has 0 aliphatic heterocycles. The molecule has 0 spiro atoms. The van der Waals surface area contributed by atoms with Crippen molar-refractivity contribution in [3.63, 3.8) is 0 Å². The van der Waals surface area contributed by atoms with Crippen LogP contribution in [0.15, 0.2) is 0 Å². The summed E-state index contributed by atoms with van der Waals surface area (Å²) < 4.78 is 62.8. The summed E-state index contributed by atoms with van der Waals surface area (Å²) in [4.78, 5) is 10.4. The molecule has 0 bridgehead atoms. The van der Waals surface area contributed by atoms with E-state index in [0.29, 0.717) is 6.92 Å². The Bertz CT molecular complexity index is 305. The first-order chi connectivity index (χ1) is 5.54. The van der Waals surface area contributed by atoms with Gasteiger partial charge in [-0.15, -0.1) is 0 Å². The molecule has 0 aromatic carbocycles. The third kappa shape index (κ3) is 7.14. The van der Waals surface area contributed by atoms with E-state index < -0.39 is 33.2 Å². The predicted molar refractivity (Wildman–Crippen MR) is 36.1 cm³/mol. The van der Waals surface area contributed by atoms with Crippen molar-refractivity contribution in [2.75, 3.05) is 6.54 Å². The molecule has 0 heterocycles. The third-order valence-electron chi connectivity index (χ3n) is 0.953. The molecule has 0 fully saturated rings. The van der Waals surface area contributed by atoms with Crippen LogP contribution < -0.4 is 51.4 Å². The van der Waals surface area contributed by atoms with Gasteiger partial charge in [0, 0.05) is 6.92 Å². The Balaban J connectivity index is -0.000000720. The van der Waals surface area contributed by atoms with Crippen LogP contribution in [0.4, 0.5) is 13.2 Å². The van der Waals surface area contributed by atoms with Crippen LogP contribution >= 0.6 is 0 Å². The zero-order chi connectivity index (χ0) is 10.9. The minimum absolute atomic E-state index is 0. The number of halogens is 3. The smallest absolute Gasteiger partial charge is 1.00 e. The molecule has 10 heteroatoms. The second kappa shape index (κ2) is 5.77. The Morgan fingerprint density at radius 1 is 1.50 bits per heavy atom. The maximum atomic E-state index is 11.6. The normalized spacial score (nSPS) is 11.8. The molecule has 0 saturated carbocycles. The summed E-state index contributed by atoms with van der Waals surface area (Å²) in [5, 5.41) is 0. The Labute approximate surface area is 122 Å². The molecular formula is C4H7F3KNO4S. The Hall–Kier alpha value is 0.806. The van der Waals surface area contributed by atoms with E-state index in [0.717, 1.165) is 0 Å². The Morgan fingerprint density at radius 2 is 1.86 bits per heavy atom. The summed E-state index contributed by atoms with van der Waals surface area (Å²) in [6.45, 7) is -1.43. The molecule has 1 N–H and O–H groups in total. The van der Waals surface area contributed by atoms with Crippen molar-refractivity contribution < 1.29 is 83.7 Å². The summed E-state index contributed by atoms with van der Waals surface area (Å²) in [6, 6.07) is 0. The van der Waals surface area contributed by atoms with Crippen molar-refractivity contribution in [3.05, 3.63) is 0 Å². The molecule has 0 aromatic rings. The minimum Gasteiger partial charge on any atom is -1.00 e. The zero-order valence-electron chi connectivity index (χ0n) is 8.37. The van der Waals surface area contributed by atoms with Crippen LogP contribution in [-0.2, 0) is 15.1 Å². The largest absolute Gasteiger partial charge is 1.00 e. The Kier molecular flexibility index (Phi) is 7.09. The molecule has 0 saturated heterocycles. The van der Waals surface area contributed by atoms with E-state index in [4.69, 9.17) is 4.55 Å². The van der Waals surface area contributed by atoms with Gasteiger partial charge in [0.1, 0.15) is 6.54 Å². The van der Waals surface area contributed by atoms with E-state index in [1.165, 1.54) is 0 Å². The van der Waals surface area contributed by atoms with Crippen LogP contribution in [-0.4, -0.2) is 35.9 Å². The number of alkyl halides is 3. The maximum Gasteiger partial charge on any atom is 1.00 e. The molecule has 80 valence electrons. The molecule has 0 radical (unpaired) electrons. The van der Waals surface area contributed by atoms with E-state index in [2.05, 4.69) is 0 Å². The zero-order valence-corrected chi connectivity index (χ0v) is 11.3. The monoisotopic (exact) mass is 261 g/mol. The maximum absolute atomic E-state index is 11.6. The number of carbonyl (C=O) groups is 1. The summed E-state index contributed by atoms with van der Waals surface area (Å²) >= 11 is 0. The van der Waals surface area contributed by atoms with Gasteiger partial charge in [-0.1, -0.05) is 0 Å². The third-order valence-corrected chi connectivity index (χ3v) is 1.90. The summed E-state index contributed by atoms with van der Waals surface area (Å²) in [6.07, 6.45) is -4.87. The first-order valence-corrected chi connectivity index (χ1v) is 4.26. The van der Waals surface area contributed by atoms with Crippen LogP contribution in [0.25, 0.3) is 0 Å². The fraction of sp³-hybridized carbons (Fsp3) is 0.750. The van der Waals surface area contributed by atoms with Gasteiger partial charge in [-0.25, -0.2) is 4.31 Å². The average Bonchev–Trinajstić information content (AvgIpc) is 1.77. The number of hydrogen-bond donors (Lipinski definition) is 1. The van der Waals surface area contributed by atoms with E-state index in [1.807, 2.05) is 0 Å². The number of nitrogens with zero attached hydrogens (tertiary/aromatic N) is 1. The van der Waals surface area contributed by atoms with Crippen molar-refractivity contribution in [1.29, 1.82) is 0 Å². The van der Waals surface area contributed by atoms with Crippen molar-refractivity contribution in [2.24, 2.45) is 0 Å². The minimum atomic E-state index is -5.13. The molecule has 0 aromatic heterocycles. The van der Waals surface area contributed by atoms with Crippen LogP contribution in [0.1, 0.15) is 8.35 Å². The van der Waals surface area contributed by atoms with Gasteiger partial charge in [0.15, 0.2) is 0 Å². The SMILES string of the molecule is CC(=O)N(CC(F)(F)F)S(=O)(=O)O.[H-].[K+]. The Morgan fingerprint density at radius 3 is 1.93 bits per heavy atom. The molecule has 0 aliphatic rings. The summed E-state index contributed by atoms with van der Waals surface area (Å²) in [5.41, 5.74) is 0. The molecule has 1 amide bonds. The molecule has 0 atom stereocenters. The van der Waals surface area contributed by atoms with Gasteiger partial charge < -0.3 is 1.43 Å². The fourth-order valence-corrected chi connectivity index (χ4v) is 1.15. The topological polar surface area (TPSA) is 74.7 Å². The van der Waals surface area contributed by atoms with Gasteiger partial charge in [-0.2, -0.15) is 21.6 Å². The number of amides is 1. The van der Waals surface area contributed by atoms with Gasteiger partial charge in [-0.3, -0.25) is 9.35 Å². The summed E-state index contributed by atoms with van der Waals surface area (Å²) in [7, 11) is -5.13. The van der Waals surface area contributed by atoms with E-state index in [-0.39, 0.29) is 52.8 Å². The first kappa shape index (κ1) is 17.2. The van der Waals surface area contributed by atoms with E-state index >= 15 is 0 Å². The van der Waals surface area contributed by atoms with Gasteiger partial charge in [0.25, 0.3) is 0 Å². The summed E-state index contributed by atoms with van der Waals surface area (Å²) in [5.74, 6) is -1.40. The predicted octanol–water partition coefficient (Wildman–Crippen LogP) is -2.68. The number of rotatable bonds is 2. The second-order valence-electron chi connectivity index (χ2n) is 2.12. The number of carbonyl (C=O) groups excluding carboxylic acids is 1. The average molecular weight is 261 g/mol. The van der Waals surface area contributed by atoms with Crippen molar-refractivity contribution in [3.8, 4) is 0 Å². The molecule has 14 heavy (non-hydrogen) atoms. The fourth-order valence-electron chi connectivity index (χ4n) is 0.518. The molecule has 0 aliphatic carbocycles. The second-order valence-corrected chi connectivity index (χ2v) is 3.46. The molecule has 0 unspecified atom stereocenters. The van der Waals surface area contributed by atoms with Crippen LogP contribution in [0, 0.1) is 0 Å². The standard InChI is InChI=1S/C4H6F3NO4S.K.H/c1-3(9)8(13(10,11)12)2-4(5,6)7;;/h2H2,1H3,(H,10,11,12);;/q;+1;-1. The van der Waals surface area contributed by atoms with Gasteiger partial charge in [0.05, 0.1) is 0 Å². The van der Waals surface area contributed by atoms with Gasteiger partial charge >= 0.3 is 67.9 Å². The molecule has 0 rings (SSSR count). The number of hydrogen-bond acceptors (Lipinski definition) is 3. The van der Waals surface area contributed by atoms with Gasteiger partial charge in [0.2, 0.25) is 5.91 Å². The quantitative estimate of drug-likeness (QED) is 0.434. The molecular weight excluding hydrogens is 254 g/mol. The van der Waals surface area contributed by atoms with Gasteiger partial charge in [-0.05, 0) is 0 Å². The van der Waals surface area contributed by atoms with Crippen LogP contribution in [0.2, 0.25) is 0 Å². The molecule has 5 nitrogen and oxygen atoms in total. The van der Waals surface area contributed by atoms with Crippen molar-refractivity contribution >= 4 is 16.2 Å². The van der Waals surface area contributed by atoms with E-state index in [1.54, 1.807) is 0 Å². The van der Waals surface area contributed by atoms with E-state index in [9.17, 15) is 26.4 Å².